The number of benzene rings is 2. The van der Waals surface area contributed by atoms with E-state index in [0.717, 1.165) is 22.4 Å². The second-order valence-corrected chi connectivity index (χ2v) is 4.44. The van der Waals surface area contributed by atoms with Crippen molar-refractivity contribution in [1.29, 1.82) is 0 Å². The summed E-state index contributed by atoms with van der Waals surface area (Å²) in [5.41, 5.74) is 1.98. The van der Waals surface area contributed by atoms with Gasteiger partial charge in [0.25, 0.3) is 0 Å². The first-order valence-electron chi connectivity index (χ1n) is 6.13. The van der Waals surface area contributed by atoms with E-state index in [4.69, 9.17) is 4.74 Å². The molecule has 0 spiro atoms. The van der Waals surface area contributed by atoms with Crippen molar-refractivity contribution in [2.75, 3.05) is 7.11 Å². The number of nitrogens with zero attached hydrogens (tertiary/aromatic N) is 2. The molecule has 4 rings (SSSR count). The maximum Gasteiger partial charge on any atom is 0.208 e. The van der Waals surface area contributed by atoms with Crippen LogP contribution in [0, 0.1) is 6.07 Å². The van der Waals surface area contributed by atoms with E-state index in [1.807, 2.05) is 28.7 Å². The van der Waals surface area contributed by atoms with Gasteiger partial charge in [0.05, 0.1) is 19.0 Å². The van der Waals surface area contributed by atoms with E-state index in [9.17, 15) is 0 Å². The van der Waals surface area contributed by atoms with Crippen molar-refractivity contribution < 1.29 is 24.8 Å². The minimum absolute atomic E-state index is 0. The summed E-state index contributed by atoms with van der Waals surface area (Å²) in [6.45, 7) is 0. The Balaban J connectivity index is 0.00000121. The smallest absolute Gasteiger partial charge is 0.208 e. The maximum absolute atomic E-state index is 5.41. The summed E-state index contributed by atoms with van der Waals surface area (Å²) < 4.78 is 7.45. The van der Waals surface area contributed by atoms with E-state index in [1.165, 1.54) is 10.8 Å². The fourth-order valence-corrected chi connectivity index (χ4v) is 2.63. The van der Waals surface area contributed by atoms with Gasteiger partial charge in [-0.15, -0.1) is 29.7 Å². The number of imidazole rings is 1. The number of hydrogen-bond acceptors (Lipinski definition) is 2. The van der Waals surface area contributed by atoms with Gasteiger partial charge in [-0.3, -0.25) is 4.98 Å². The number of para-hydroxylation sites is 1. The third-order valence-corrected chi connectivity index (χ3v) is 3.45. The number of pyridine rings is 1. The van der Waals surface area contributed by atoms with Crippen LogP contribution in [0.5, 0.6) is 5.88 Å². The van der Waals surface area contributed by atoms with E-state index in [0.29, 0.717) is 0 Å². The van der Waals surface area contributed by atoms with Gasteiger partial charge in [0.15, 0.2) is 0 Å². The molecule has 0 bridgehead atoms. The van der Waals surface area contributed by atoms with Gasteiger partial charge in [-0.2, -0.15) is 0 Å². The van der Waals surface area contributed by atoms with Crippen molar-refractivity contribution >= 4 is 27.3 Å². The Labute approximate surface area is 129 Å². The predicted octanol–water partition coefficient (Wildman–Crippen LogP) is 3.45. The van der Waals surface area contributed by atoms with E-state index in [2.05, 4.69) is 29.2 Å². The maximum atomic E-state index is 5.41. The van der Waals surface area contributed by atoms with Gasteiger partial charge in [0.2, 0.25) is 5.88 Å². The van der Waals surface area contributed by atoms with Crippen LogP contribution in [-0.4, -0.2) is 16.5 Å². The minimum atomic E-state index is 0. The molecule has 4 aromatic rings. The third kappa shape index (κ3) is 1.65. The number of methoxy groups -OCH3 is 1. The number of hydrogen-bond donors (Lipinski definition) is 0. The molecule has 3 nitrogen and oxygen atoms in total. The summed E-state index contributed by atoms with van der Waals surface area (Å²) in [6.07, 6.45) is 1.75. The second-order valence-electron chi connectivity index (χ2n) is 4.44. The van der Waals surface area contributed by atoms with Crippen LogP contribution in [0.25, 0.3) is 27.3 Å². The van der Waals surface area contributed by atoms with E-state index < -0.39 is 0 Å². The molecule has 2 aromatic heterocycles. The molecule has 101 valence electrons. The molecule has 2 heterocycles. The van der Waals surface area contributed by atoms with E-state index >= 15 is 0 Å². The van der Waals surface area contributed by atoms with Crippen molar-refractivity contribution in [3.05, 3.63) is 54.7 Å². The Bertz CT molecular complexity index is 914. The predicted molar refractivity (Wildman–Crippen MR) is 75.6 cm³/mol. The zero-order chi connectivity index (χ0) is 12.8. The van der Waals surface area contributed by atoms with Crippen LogP contribution < -0.4 is 4.74 Å². The monoisotopic (exact) mass is 440 g/mol. The van der Waals surface area contributed by atoms with Gasteiger partial charge >= 0.3 is 0 Å². The van der Waals surface area contributed by atoms with Crippen molar-refractivity contribution in [2.24, 2.45) is 0 Å². The van der Waals surface area contributed by atoms with Crippen LogP contribution in [0.1, 0.15) is 0 Å². The van der Waals surface area contributed by atoms with Crippen LogP contribution in [-0.2, 0) is 20.1 Å². The fraction of sp³-hybridized carbons (Fsp3) is 0.0625. The number of aromatic nitrogens is 2. The zero-order valence-electron chi connectivity index (χ0n) is 10.8. The largest absolute Gasteiger partial charge is 0.481 e. The minimum Gasteiger partial charge on any atom is -0.481 e. The van der Waals surface area contributed by atoms with Crippen LogP contribution in [0.4, 0.5) is 0 Å². The summed E-state index contributed by atoms with van der Waals surface area (Å²) in [5, 5.41) is 3.36. The Hall–Kier alpha value is -1.90. The molecule has 0 aliphatic rings. The molecule has 0 aliphatic carbocycles. The Kier molecular flexibility index (Phi) is 3.20. The van der Waals surface area contributed by atoms with Crippen molar-refractivity contribution in [2.45, 2.75) is 0 Å². The van der Waals surface area contributed by atoms with Gasteiger partial charge in [-0.1, -0.05) is 23.6 Å². The molecule has 2 aromatic carbocycles. The molecule has 20 heavy (non-hydrogen) atoms. The van der Waals surface area contributed by atoms with E-state index in [1.54, 1.807) is 13.3 Å². The van der Waals surface area contributed by atoms with Crippen molar-refractivity contribution in [3.63, 3.8) is 0 Å². The average Bonchev–Trinajstić information content (AvgIpc) is 2.92. The molecule has 0 atom stereocenters. The Morgan fingerprint density at radius 1 is 1.10 bits per heavy atom. The first-order valence-corrected chi connectivity index (χ1v) is 6.13. The molecular formula is C16H11IrN2O-. The fourth-order valence-electron chi connectivity index (χ4n) is 2.63. The van der Waals surface area contributed by atoms with Gasteiger partial charge in [-0.05, 0) is 11.5 Å². The van der Waals surface area contributed by atoms with Crippen LogP contribution in [0.15, 0.2) is 48.7 Å². The van der Waals surface area contributed by atoms with Crippen LogP contribution in [0.2, 0.25) is 0 Å². The molecule has 0 amide bonds. The van der Waals surface area contributed by atoms with Crippen LogP contribution >= 0.6 is 0 Å². The molecule has 0 saturated heterocycles. The van der Waals surface area contributed by atoms with Gasteiger partial charge in [0, 0.05) is 25.6 Å². The second kappa shape index (κ2) is 4.89. The quantitative estimate of drug-likeness (QED) is 0.336. The summed E-state index contributed by atoms with van der Waals surface area (Å²) in [7, 11) is 1.66. The van der Waals surface area contributed by atoms with E-state index in [-0.39, 0.29) is 20.1 Å². The molecule has 1 radical (unpaired) electrons. The third-order valence-electron chi connectivity index (χ3n) is 3.45. The van der Waals surface area contributed by atoms with Gasteiger partial charge in [0.1, 0.15) is 0 Å². The number of fused-ring (bicyclic) bond motifs is 6. The summed E-state index contributed by atoms with van der Waals surface area (Å²) in [5.74, 6) is 0.741. The van der Waals surface area contributed by atoms with Crippen molar-refractivity contribution in [3.8, 4) is 5.88 Å². The van der Waals surface area contributed by atoms with Crippen molar-refractivity contribution in [1.82, 2.24) is 9.38 Å². The Morgan fingerprint density at radius 3 is 2.75 bits per heavy atom. The first-order chi connectivity index (χ1) is 9.40. The summed E-state index contributed by atoms with van der Waals surface area (Å²) in [4.78, 5) is 4.47. The van der Waals surface area contributed by atoms with Gasteiger partial charge in [-0.25, -0.2) is 0 Å². The SMILES string of the molecule is COc1cnc2c3[c-]cccc3c3ccccc3n12.[Ir]. The standard InChI is InChI=1S/C16H11N2O.Ir/c1-19-15-10-17-16-13-8-3-2-6-11(13)12-7-4-5-9-14(12)18(15)16;/h2-7,9-10H,1H3;/q-1;. The average molecular weight is 439 g/mol. The molecule has 0 aliphatic heterocycles. The molecular weight excluding hydrogens is 428 g/mol. The molecule has 0 saturated carbocycles. The number of ether oxygens (including phenoxy) is 1. The summed E-state index contributed by atoms with van der Waals surface area (Å²) >= 11 is 0. The molecule has 0 N–H and O–H groups in total. The van der Waals surface area contributed by atoms with Crippen LogP contribution in [0.3, 0.4) is 0 Å². The normalized spacial score (nSPS) is 10.8. The number of rotatable bonds is 1. The van der Waals surface area contributed by atoms with Gasteiger partial charge < -0.3 is 9.14 Å². The topological polar surface area (TPSA) is 26.5 Å². The zero-order valence-corrected chi connectivity index (χ0v) is 13.1. The molecule has 4 heteroatoms. The first kappa shape index (κ1) is 13.1. The molecule has 0 unspecified atom stereocenters. The Morgan fingerprint density at radius 2 is 1.90 bits per heavy atom. The molecule has 0 fully saturated rings. The summed E-state index contributed by atoms with van der Waals surface area (Å²) in [6, 6.07) is 17.6.